The highest BCUT2D eigenvalue weighted by Gasteiger charge is 2.54. The van der Waals surface area contributed by atoms with E-state index in [1.54, 1.807) is 0 Å². The van der Waals surface area contributed by atoms with Crippen LogP contribution < -0.4 is 0 Å². The molecule has 0 radical (unpaired) electrons. The molecule has 0 saturated carbocycles. The number of aliphatic hydroxyl groups excluding tert-OH is 1. The van der Waals surface area contributed by atoms with Gasteiger partial charge in [0.05, 0.1) is 27.2 Å². The van der Waals surface area contributed by atoms with Crippen LogP contribution >= 0.6 is 0 Å². The minimum Gasteiger partial charge on any atom is -0.382 e. The summed E-state index contributed by atoms with van der Waals surface area (Å²) < 4.78 is 2.30. The monoisotopic (exact) mass is 254 g/mol. The van der Waals surface area contributed by atoms with Gasteiger partial charge >= 0.3 is 0 Å². The van der Waals surface area contributed by atoms with Crippen molar-refractivity contribution in [3.63, 3.8) is 0 Å². The molecule has 4 atom stereocenters. The van der Waals surface area contributed by atoms with E-state index >= 15 is 0 Å². The molecule has 18 heavy (non-hydrogen) atoms. The Kier molecular flexibility index (Phi) is 3.20. The van der Waals surface area contributed by atoms with Gasteiger partial charge in [0.1, 0.15) is 25.2 Å². The maximum absolute atomic E-state index is 10.5. The summed E-state index contributed by atoms with van der Waals surface area (Å²) in [5.41, 5.74) is 0. The Morgan fingerprint density at radius 1 is 0.778 bits per heavy atom. The van der Waals surface area contributed by atoms with Crippen LogP contribution in [0.4, 0.5) is 0 Å². The largest absolute Gasteiger partial charge is 0.382 e. The summed E-state index contributed by atoms with van der Waals surface area (Å²) in [5, 5.41) is 10.5. The lowest BCUT2D eigenvalue weighted by atomic mass is 9.86. The molecule has 3 saturated heterocycles. The number of nitrogens with zero attached hydrogens (tertiary/aromatic N) is 2. The van der Waals surface area contributed by atoms with E-state index in [-0.39, 0.29) is 6.10 Å². The van der Waals surface area contributed by atoms with E-state index in [0.717, 1.165) is 34.1 Å². The molecule has 1 N–H and O–H groups in total. The quantitative estimate of drug-likeness (QED) is 0.647. The van der Waals surface area contributed by atoms with Gasteiger partial charge in [-0.15, -0.1) is 0 Å². The zero-order valence-electron chi connectivity index (χ0n) is 12.1. The molecule has 3 fully saturated rings. The molecule has 104 valence electrons. The first-order valence-electron chi connectivity index (χ1n) is 7.90. The van der Waals surface area contributed by atoms with Crippen LogP contribution in [0.25, 0.3) is 0 Å². The van der Waals surface area contributed by atoms with E-state index in [2.05, 4.69) is 14.1 Å². The second kappa shape index (κ2) is 4.46. The fourth-order valence-electron chi connectivity index (χ4n) is 5.30. The molecule has 0 aromatic rings. The zero-order valence-corrected chi connectivity index (χ0v) is 12.1. The highest BCUT2D eigenvalue weighted by atomic mass is 16.3. The normalized spacial score (nSPS) is 53.2. The number of likely N-dealkylation sites (N-methyl/N-ethyl adjacent to an activating group) is 2. The molecule has 3 heterocycles. The summed E-state index contributed by atoms with van der Waals surface area (Å²) in [5.74, 6) is 0. The van der Waals surface area contributed by atoms with E-state index in [1.807, 2.05) is 0 Å². The Morgan fingerprint density at radius 3 is 1.67 bits per heavy atom. The third-order valence-electron chi connectivity index (χ3n) is 6.14. The Labute approximate surface area is 112 Å². The summed E-state index contributed by atoms with van der Waals surface area (Å²) >= 11 is 0. The van der Waals surface area contributed by atoms with Crippen LogP contribution in [0.15, 0.2) is 0 Å². The van der Waals surface area contributed by atoms with Crippen molar-refractivity contribution in [2.45, 2.75) is 56.7 Å². The molecule has 0 bridgehead atoms. The van der Waals surface area contributed by atoms with Crippen LogP contribution in [0.1, 0.15) is 38.5 Å². The average Bonchev–Trinajstić information content (AvgIpc) is 2.38. The Morgan fingerprint density at radius 2 is 1.22 bits per heavy atom. The van der Waals surface area contributed by atoms with Crippen molar-refractivity contribution in [1.82, 2.24) is 0 Å². The molecule has 3 aliphatic heterocycles. The third kappa shape index (κ3) is 2.00. The third-order valence-corrected chi connectivity index (χ3v) is 6.14. The lowest BCUT2D eigenvalue weighted by molar-refractivity contribution is -0.988. The van der Waals surface area contributed by atoms with Gasteiger partial charge in [-0.2, -0.15) is 0 Å². The summed E-state index contributed by atoms with van der Waals surface area (Å²) in [7, 11) is 4.83. The Bertz CT molecular complexity index is 292. The number of rotatable bonds is 0. The number of aliphatic hydroxyl groups is 1. The van der Waals surface area contributed by atoms with E-state index < -0.39 is 0 Å². The van der Waals surface area contributed by atoms with Crippen LogP contribution in [0.5, 0.6) is 0 Å². The van der Waals surface area contributed by atoms with Gasteiger partial charge < -0.3 is 14.1 Å². The molecule has 0 aliphatic carbocycles. The number of hydrogen-bond acceptors (Lipinski definition) is 1. The number of fused-ring (bicyclic) bond motifs is 3. The SMILES string of the molecule is C[N+]12CCCCC1C1CCCC[N+]1(C)CC(O)C2. The lowest BCUT2D eigenvalue weighted by Crippen LogP contribution is -2.66. The number of piperidine rings is 2. The Balaban J connectivity index is 1.95. The molecule has 0 spiro atoms. The van der Waals surface area contributed by atoms with E-state index in [9.17, 15) is 5.11 Å². The van der Waals surface area contributed by atoms with Gasteiger partial charge in [0.25, 0.3) is 0 Å². The minimum atomic E-state index is -0.0938. The second-order valence-electron chi connectivity index (χ2n) is 7.55. The highest BCUT2D eigenvalue weighted by Crippen LogP contribution is 2.38. The van der Waals surface area contributed by atoms with E-state index in [4.69, 9.17) is 0 Å². The van der Waals surface area contributed by atoms with Crippen LogP contribution in [-0.4, -0.2) is 72.5 Å². The van der Waals surface area contributed by atoms with Crippen molar-refractivity contribution in [2.24, 2.45) is 0 Å². The van der Waals surface area contributed by atoms with Gasteiger partial charge in [0.15, 0.2) is 6.10 Å². The molecular formula is C15H30N2O+2. The topological polar surface area (TPSA) is 20.2 Å². The van der Waals surface area contributed by atoms with Crippen molar-refractivity contribution in [2.75, 3.05) is 40.3 Å². The molecule has 0 aromatic heterocycles. The lowest BCUT2D eigenvalue weighted by Gasteiger charge is -2.51. The molecule has 3 heteroatoms. The molecule has 3 rings (SSSR count). The van der Waals surface area contributed by atoms with E-state index in [1.165, 1.54) is 51.6 Å². The Hall–Kier alpha value is -0.120. The maximum atomic E-state index is 10.5. The first-order valence-corrected chi connectivity index (χ1v) is 7.90. The molecule has 0 amide bonds. The van der Waals surface area contributed by atoms with Crippen LogP contribution in [-0.2, 0) is 0 Å². The number of quaternary nitrogens is 2. The summed E-state index contributed by atoms with van der Waals surface area (Å²) in [6.07, 6.45) is 8.22. The molecular weight excluding hydrogens is 224 g/mol. The van der Waals surface area contributed by atoms with E-state index in [0.29, 0.717) is 0 Å². The van der Waals surface area contributed by atoms with Gasteiger partial charge in [0, 0.05) is 12.8 Å². The van der Waals surface area contributed by atoms with Crippen LogP contribution in [0.2, 0.25) is 0 Å². The van der Waals surface area contributed by atoms with Crippen molar-refractivity contribution in [3.05, 3.63) is 0 Å². The predicted molar refractivity (Wildman–Crippen MR) is 73.1 cm³/mol. The van der Waals surface area contributed by atoms with Gasteiger partial charge in [-0.1, -0.05) is 0 Å². The van der Waals surface area contributed by atoms with Crippen molar-refractivity contribution >= 4 is 0 Å². The second-order valence-corrected chi connectivity index (χ2v) is 7.55. The molecule has 4 unspecified atom stereocenters. The minimum absolute atomic E-state index is 0.0938. The summed E-state index contributed by atoms with van der Waals surface area (Å²) in [4.78, 5) is 0. The smallest absolute Gasteiger partial charge is 0.152 e. The summed E-state index contributed by atoms with van der Waals surface area (Å²) in [6.45, 7) is 4.57. The van der Waals surface area contributed by atoms with Gasteiger partial charge in [-0.25, -0.2) is 0 Å². The molecule has 0 aromatic carbocycles. The van der Waals surface area contributed by atoms with Crippen LogP contribution in [0, 0.1) is 0 Å². The standard InChI is InChI=1S/C15H30N2O/c1-16-9-5-3-7-14(16)15-8-4-6-10-17(15,2)12-13(18)11-16/h13-15,18H,3-12H2,1-2H3/q+2. The first kappa shape index (κ1) is 12.9. The van der Waals surface area contributed by atoms with Crippen molar-refractivity contribution < 1.29 is 14.1 Å². The van der Waals surface area contributed by atoms with Gasteiger partial charge in [0.2, 0.25) is 0 Å². The van der Waals surface area contributed by atoms with Crippen LogP contribution in [0.3, 0.4) is 0 Å². The highest BCUT2D eigenvalue weighted by molar-refractivity contribution is 4.82. The fraction of sp³-hybridized carbons (Fsp3) is 1.00. The maximum Gasteiger partial charge on any atom is 0.152 e. The first-order chi connectivity index (χ1) is 8.54. The predicted octanol–water partition coefficient (Wildman–Crippen LogP) is 1.36. The molecule has 3 aliphatic rings. The zero-order chi connectivity index (χ0) is 12.8. The fourth-order valence-corrected chi connectivity index (χ4v) is 5.30. The molecule has 3 nitrogen and oxygen atoms in total. The van der Waals surface area contributed by atoms with Gasteiger partial charge in [-0.05, 0) is 25.7 Å². The van der Waals surface area contributed by atoms with Crippen molar-refractivity contribution in [1.29, 1.82) is 0 Å². The van der Waals surface area contributed by atoms with Crippen molar-refractivity contribution in [3.8, 4) is 0 Å². The van der Waals surface area contributed by atoms with Gasteiger partial charge in [-0.3, -0.25) is 0 Å². The number of hydrogen-bond donors (Lipinski definition) is 1. The average molecular weight is 254 g/mol. The summed E-state index contributed by atoms with van der Waals surface area (Å²) in [6, 6.07) is 1.61.